The van der Waals surface area contributed by atoms with Crippen LogP contribution in [-0.4, -0.2) is 41.0 Å². The van der Waals surface area contributed by atoms with Gasteiger partial charge in [-0.3, -0.25) is 9.69 Å². The Morgan fingerprint density at radius 1 is 1.64 bits per heavy atom. The highest BCUT2D eigenvalue weighted by Gasteiger charge is 2.46. The number of carboxylic acid groups (broad SMARTS) is 1. The molecule has 0 aliphatic carbocycles. The number of carboxylic acids is 1. The predicted octanol–water partition coefficient (Wildman–Crippen LogP) is 1.58. The fourth-order valence-corrected chi connectivity index (χ4v) is 2.16. The van der Waals surface area contributed by atoms with Gasteiger partial charge in [0.2, 0.25) is 0 Å². The highest BCUT2D eigenvalue weighted by Crippen LogP contribution is 2.33. The summed E-state index contributed by atoms with van der Waals surface area (Å²) >= 11 is 0. The van der Waals surface area contributed by atoms with Crippen LogP contribution in [0.5, 0.6) is 0 Å². The second-order valence-corrected chi connectivity index (χ2v) is 3.63. The number of hydrogen-bond acceptors (Lipinski definition) is 2. The van der Waals surface area contributed by atoms with Crippen molar-refractivity contribution in [3.63, 3.8) is 0 Å². The van der Waals surface area contributed by atoms with Crippen molar-refractivity contribution >= 4 is 5.97 Å². The van der Waals surface area contributed by atoms with Crippen LogP contribution >= 0.6 is 0 Å². The Bertz CT molecular complexity index is 223. The van der Waals surface area contributed by atoms with Crippen molar-refractivity contribution in [3.8, 4) is 0 Å². The van der Waals surface area contributed by atoms with Crippen molar-refractivity contribution in [2.24, 2.45) is 0 Å². The molecule has 0 amide bonds. The second-order valence-electron chi connectivity index (χ2n) is 3.63. The highest BCUT2D eigenvalue weighted by atomic mass is 19.3. The molecule has 1 saturated heterocycles. The summed E-state index contributed by atoms with van der Waals surface area (Å²) in [6.07, 6.45) is -0.911. The lowest BCUT2D eigenvalue weighted by atomic mass is 9.93. The van der Waals surface area contributed by atoms with Crippen molar-refractivity contribution in [3.05, 3.63) is 0 Å². The monoisotopic (exact) mass is 207 g/mol. The number of nitrogens with zero attached hydrogens (tertiary/aromatic N) is 1. The van der Waals surface area contributed by atoms with E-state index in [2.05, 4.69) is 0 Å². The van der Waals surface area contributed by atoms with Crippen LogP contribution in [0.3, 0.4) is 0 Å². The third-order valence-corrected chi connectivity index (χ3v) is 2.97. The zero-order valence-corrected chi connectivity index (χ0v) is 8.17. The molecule has 1 unspecified atom stereocenters. The summed E-state index contributed by atoms with van der Waals surface area (Å²) in [4.78, 5) is 12.5. The topological polar surface area (TPSA) is 40.5 Å². The second kappa shape index (κ2) is 4.21. The molecule has 1 heterocycles. The Morgan fingerprint density at radius 3 is 2.71 bits per heavy atom. The van der Waals surface area contributed by atoms with Crippen molar-refractivity contribution in [2.45, 2.75) is 38.2 Å². The lowest BCUT2D eigenvalue weighted by Gasteiger charge is -2.33. The average molecular weight is 207 g/mol. The standard InChI is InChI=1S/C9H15F2NO2/c1-2-9(8(13)14)4-3-5-12(9)6-7(10)11/h7H,2-6H2,1H3,(H,13,14). The van der Waals surface area contributed by atoms with E-state index in [1.165, 1.54) is 4.90 Å². The van der Waals surface area contributed by atoms with E-state index >= 15 is 0 Å². The van der Waals surface area contributed by atoms with Crippen molar-refractivity contribution in [1.82, 2.24) is 4.90 Å². The molecule has 0 aromatic heterocycles. The number of carbonyl (C=O) groups is 1. The molecule has 82 valence electrons. The molecular weight excluding hydrogens is 192 g/mol. The third kappa shape index (κ3) is 1.87. The van der Waals surface area contributed by atoms with E-state index in [1.807, 2.05) is 0 Å². The first-order valence-corrected chi connectivity index (χ1v) is 4.79. The van der Waals surface area contributed by atoms with Crippen LogP contribution < -0.4 is 0 Å². The highest BCUT2D eigenvalue weighted by molar-refractivity contribution is 5.79. The number of hydrogen-bond donors (Lipinski definition) is 1. The van der Waals surface area contributed by atoms with Gasteiger partial charge in [0.15, 0.2) is 0 Å². The maximum atomic E-state index is 12.2. The molecule has 0 radical (unpaired) electrons. The van der Waals surface area contributed by atoms with E-state index in [1.54, 1.807) is 6.92 Å². The molecule has 14 heavy (non-hydrogen) atoms. The Kier molecular flexibility index (Phi) is 3.42. The van der Waals surface area contributed by atoms with E-state index in [4.69, 9.17) is 5.11 Å². The number of rotatable bonds is 4. The molecule has 1 rings (SSSR count). The summed E-state index contributed by atoms with van der Waals surface area (Å²) in [7, 11) is 0. The summed E-state index contributed by atoms with van der Waals surface area (Å²) in [5, 5.41) is 9.06. The fourth-order valence-electron chi connectivity index (χ4n) is 2.16. The van der Waals surface area contributed by atoms with Crippen molar-refractivity contribution in [2.75, 3.05) is 13.1 Å². The van der Waals surface area contributed by atoms with Gasteiger partial charge in [-0.25, -0.2) is 8.78 Å². The Morgan fingerprint density at radius 2 is 2.29 bits per heavy atom. The Hall–Kier alpha value is -0.710. The molecule has 5 heteroatoms. The van der Waals surface area contributed by atoms with Gasteiger partial charge in [-0.15, -0.1) is 0 Å². The summed E-state index contributed by atoms with van der Waals surface area (Å²) in [5.74, 6) is -0.974. The van der Waals surface area contributed by atoms with E-state index < -0.39 is 24.5 Å². The summed E-state index contributed by atoms with van der Waals surface area (Å²) in [6, 6.07) is 0. The van der Waals surface area contributed by atoms with Gasteiger partial charge in [-0.1, -0.05) is 6.92 Å². The van der Waals surface area contributed by atoms with Gasteiger partial charge < -0.3 is 5.11 Å². The van der Waals surface area contributed by atoms with Crippen LogP contribution in [0, 0.1) is 0 Å². The minimum absolute atomic E-state index is 0.384. The zero-order valence-electron chi connectivity index (χ0n) is 8.17. The molecule has 1 aliphatic heterocycles. The van der Waals surface area contributed by atoms with Crippen molar-refractivity contribution in [1.29, 1.82) is 0 Å². The molecule has 0 aromatic carbocycles. The van der Waals surface area contributed by atoms with Gasteiger partial charge in [0.25, 0.3) is 6.43 Å². The van der Waals surface area contributed by atoms with Crippen LogP contribution in [0.15, 0.2) is 0 Å². The minimum Gasteiger partial charge on any atom is -0.480 e. The van der Waals surface area contributed by atoms with Crippen LogP contribution in [0.2, 0.25) is 0 Å². The van der Waals surface area contributed by atoms with E-state index in [0.29, 0.717) is 25.8 Å². The lowest BCUT2D eigenvalue weighted by Crippen LogP contribution is -2.51. The van der Waals surface area contributed by atoms with E-state index in [0.717, 1.165) is 0 Å². The van der Waals surface area contributed by atoms with E-state index in [-0.39, 0.29) is 0 Å². The van der Waals surface area contributed by atoms with Gasteiger partial charge in [-0.2, -0.15) is 0 Å². The summed E-state index contributed by atoms with van der Waals surface area (Å²) in [6.45, 7) is 1.77. The van der Waals surface area contributed by atoms with Gasteiger partial charge >= 0.3 is 5.97 Å². The number of halogens is 2. The number of aliphatic carboxylic acids is 1. The predicted molar refractivity (Wildman–Crippen MR) is 47.5 cm³/mol. The molecule has 0 bridgehead atoms. The maximum absolute atomic E-state index is 12.2. The summed E-state index contributed by atoms with van der Waals surface area (Å²) < 4.78 is 24.4. The van der Waals surface area contributed by atoms with E-state index in [9.17, 15) is 13.6 Å². The first kappa shape index (κ1) is 11.4. The minimum atomic E-state index is -2.46. The van der Waals surface area contributed by atoms with Crippen LogP contribution in [0.4, 0.5) is 8.78 Å². The Balaban J connectivity index is 2.78. The first-order valence-electron chi connectivity index (χ1n) is 4.79. The zero-order chi connectivity index (χ0) is 10.8. The quantitative estimate of drug-likeness (QED) is 0.760. The Labute approximate surface area is 81.7 Å². The molecule has 1 atom stereocenters. The molecule has 1 fully saturated rings. The molecular formula is C9H15F2NO2. The molecule has 3 nitrogen and oxygen atoms in total. The first-order chi connectivity index (χ1) is 6.53. The number of alkyl halides is 2. The average Bonchev–Trinajstić information content (AvgIpc) is 2.47. The summed E-state index contributed by atoms with van der Waals surface area (Å²) in [5.41, 5.74) is -1.05. The number of likely N-dealkylation sites (tertiary alicyclic amines) is 1. The lowest BCUT2D eigenvalue weighted by molar-refractivity contribution is -0.151. The van der Waals surface area contributed by atoms with Gasteiger partial charge in [0.05, 0.1) is 6.54 Å². The normalized spacial score (nSPS) is 28.6. The van der Waals surface area contributed by atoms with Gasteiger partial charge in [0.1, 0.15) is 5.54 Å². The van der Waals surface area contributed by atoms with Crippen LogP contribution in [0.1, 0.15) is 26.2 Å². The van der Waals surface area contributed by atoms with Crippen molar-refractivity contribution < 1.29 is 18.7 Å². The molecule has 0 spiro atoms. The largest absolute Gasteiger partial charge is 0.480 e. The van der Waals surface area contributed by atoms with Gasteiger partial charge in [0, 0.05) is 0 Å². The molecule has 0 saturated carbocycles. The SMILES string of the molecule is CCC1(C(=O)O)CCCN1CC(F)F. The molecule has 1 aliphatic rings. The molecule has 1 N–H and O–H groups in total. The fraction of sp³-hybridized carbons (Fsp3) is 0.889. The molecule has 0 aromatic rings. The van der Waals surface area contributed by atoms with Crippen LogP contribution in [-0.2, 0) is 4.79 Å². The van der Waals surface area contributed by atoms with Gasteiger partial charge in [-0.05, 0) is 25.8 Å². The third-order valence-electron chi connectivity index (χ3n) is 2.97. The van der Waals surface area contributed by atoms with Crippen LogP contribution in [0.25, 0.3) is 0 Å². The smallest absolute Gasteiger partial charge is 0.324 e. The maximum Gasteiger partial charge on any atom is 0.324 e.